The van der Waals surface area contributed by atoms with Crippen LogP contribution in [0.5, 0.6) is 5.88 Å². The standard InChI is InChI=1S/C13H11FN2O3S/c14-10-4-1-2-6-12(10)20(17,18)16-8-9-19-13-11(16)5-3-7-15-13/h1-7H,8-9H2. The van der Waals surface area contributed by atoms with Crippen molar-refractivity contribution in [2.75, 3.05) is 17.5 Å². The van der Waals surface area contributed by atoms with Gasteiger partial charge in [-0.25, -0.2) is 17.8 Å². The third kappa shape index (κ3) is 2.00. The van der Waals surface area contributed by atoms with Crippen LogP contribution < -0.4 is 9.04 Å². The Morgan fingerprint density at radius 3 is 2.80 bits per heavy atom. The van der Waals surface area contributed by atoms with Crippen molar-refractivity contribution in [2.24, 2.45) is 0 Å². The van der Waals surface area contributed by atoms with Gasteiger partial charge in [-0.1, -0.05) is 12.1 Å². The molecule has 20 heavy (non-hydrogen) atoms. The Morgan fingerprint density at radius 1 is 1.20 bits per heavy atom. The van der Waals surface area contributed by atoms with Gasteiger partial charge in [-0.2, -0.15) is 0 Å². The third-order valence-corrected chi connectivity index (χ3v) is 4.80. The van der Waals surface area contributed by atoms with Crippen LogP contribution in [0.2, 0.25) is 0 Å². The first-order valence-corrected chi connectivity index (χ1v) is 7.40. The summed E-state index contributed by atoms with van der Waals surface area (Å²) in [6.45, 7) is 0.299. The van der Waals surface area contributed by atoms with Crippen molar-refractivity contribution >= 4 is 15.7 Å². The number of anilines is 1. The molecule has 0 fully saturated rings. The maximum Gasteiger partial charge on any atom is 0.267 e. The summed E-state index contributed by atoms with van der Waals surface area (Å²) in [6, 6.07) is 8.49. The molecule has 0 unspecified atom stereocenters. The first-order chi connectivity index (χ1) is 9.60. The van der Waals surface area contributed by atoms with Crippen LogP contribution in [0.3, 0.4) is 0 Å². The number of rotatable bonds is 2. The average molecular weight is 294 g/mol. The van der Waals surface area contributed by atoms with E-state index in [1.807, 2.05) is 0 Å². The Morgan fingerprint density at radius 2 is 2.00 bits per heavy atom. The van der Waals surface area contributed by atoms with Crippen molar-refractivity contribution in [2.45, 2.75) is 4.90 Å². The lowest BCUT2D eigenvalue weighted by atomic mass is 10.3. The zero-order chi connectivity index (χ0) is 14.2. The molecule has 7 heteroatoms. The molecule has 0 bridgehead atoms. The van der Waals surface area contributed by atoms with Crippen molar-refractivity contribution in [3.63, 3.8) is 0 Å². The van der Waals surface area contributed by atoms with Gasteiger partial charge in [0, 0.05) is 6.20 Å². The van der Waals surface area contributed by atoms with E-state index in [0.29, 0.717) is 5.69 Å². The van der Waals surface area contributed by atoms with Gasteiger partial charge in [-0.05, 0) is 24.3 Å². The van der Waals surface area contributed by atoms with Crippen LogP contribution in [0.15, 0.2) is 47.5 Å². The molecule has 104 valence electrons. The highest BCUT2D eigenvalue weighted by atomic mass is 32.2. The van der Waals surface area contributed by atoms with Crippen molar-refractivity contribution < 1.29 is 17.5 Å². The Labute approximate surface area is 115 Å². The van der Waals surface area contributed by atoms with E-state index in [0.717, 1.165) is 10.4 Å². The van der Waals surface area contributed by atoms with Crippen molar-refractivity contribution in [3.05, 3.63) is 48.4 Å². The average Bonchev–Trinajstić information content (AvgIpc) is 2.47. The molecule has 1 aromatic carbocycles. The molecule has 1 aromatic heterocycles. The Kier molecular flexibility index (Phi) is 3.06. The van der Waals surface area contributed by atoms with Crippen molar-refractivity contribution in [3.8, 4) is 5.88 Å². The molecular weight excluding hydrogens is 283 g/mol. The maximum atomic E-state index is 13.8. The summed E-state index contributed by atoms with van der Waals surface area (Å²) >= 11 is 0. The molecule has 2 aromatic rings. The quantitative estimate of drug-likeness (QED) is 0.847. The normalized spacial score (nSPS) is 14.6. The van der Waals surface area contributed by atoms with Crippen LogP contribution in [0.1, 0.15) is 0 Å². The van der Waals surface area contributed by atoms with E-state index in [2.05, 4.69) is 4.98 Å². The molecule has 0 aliphatic carbocycles. The monoisotopic (exact) mass is 294 g/mol. The van der Waals surface area contributed by atoms with Crippen LogP contribution in [-0.4, -0.2) is 26.6 Å². The van der Waals surface area contributed by atoms with Gasteiger partial charge in [-0.3, -0.25) is 4.31 Å². The summed E-state index contributed by atoms with van der Waals surface area (Å²) < 4.78 is 45.3. The molecular formula is C13H11FN2O3S. The van der Waals surface area contributed by atoms with Crippen LogP contribution in [0.4, 0.5) is 10.1 Å². The number of benzene rings is 1. The first-order valence-electron chi connectivity index (χ1n) is 5.96. The lowest BCUT2D eigenvalue weighted by molar-refractivity contribution is 0.303. The highest BCUT2D eigenvalue weighted by molar-refractivity contribution is 7.92. The van der Waals surface area contributed by atoms with E-state index in [1.165, 1.54) is 24.4 Å². The van der Waals surface area contributed by atoms with Gasteiger partial charge in [0.2, 0.25) is 5.88 Å². The number of pyridine rings is 1. The highest BCUT2D eigenvalue weighted by Crippen LogP contribution is 2.33. The second kappa shape index (κ2) is 4.75. The number of hydrogen-bond acceptors (Lipinski definition) is 4. The topological polar surface area (TPSA) is 59.5 Å². The van der Waals surface area contributed by atoms with Gasteiger partial charge in [-0.15, -0.1) is 0 Å². The fourth-order valence-electron chi connectivity index (χ4n) is 2.05. The molecule has 0 spiro atoms. The molecule has 0 amide bonds. The summed E-state index contributed by atoms with van der Waals surface area (Å²) in [5.74, 6) is -0.539. The third-order valence-electron chi connectivity index (χ3n) is 2.96. The lowest BCUT2D eigenvalue weighted by Crippen LogP contribution is -2.38. The minimum atomic E-state index is -3.97. The molecule has 3 rings (SSSR count). The Bertz CT molecular complexity index is 749. The van der Waals surface area contributed by atoms with Crippen LogP contribution in [0.25, 0.3) is 0 Å². The summed E-state index contributed by atoms with van der Waals surface area (Å²) in [7, 11) is -3.97. The molecule has 1 aliphatic rings. The number of sulfonamides is 1. The van der Waals surface area contributed by atoms with E-state index in [4.69, 9.17) is 4.74 Å². The fraction of sp³-hybridized carbons (Fsp3) is 0.154. The highest BCUT2D eigenvalue weighted by Gasteiger charge is 2.32. The largest absolute Gasteiger partial charge is 0.474 e. The molecule has 1 aliphatic heterocycles. The van der Waals surface area contributed by atoms with Crippen molar-refractivity contribution in [1.29, 1.82) is 0 Å². The second-order valence-corrected chi connectivity index (χ2v) is 6.01. The molecule has 2 heterocycles. The summed E-state index contributed by atoms with van der Waals surface area (Å²) in [6.07, 6.45) is 1.51. The van der Waals surface area contributed by atoms with E-state index >= 15 is 0 Å². The summed E-state index contributed by atoms with van der Waals surface area (Å²) in [4.78, 5) is 3.63. The first kappa shape index (κ1) is 12.9. The number of aromatic nitrogens is 1. The smallest absolute Gasteiger partial charge is 0.267 e. The molecule has 0 N–H and O–H groups in total. The van der Waals surface area contributed by atoms with Crippen molar-refractivity contribution in [1.82, 2.24) is 4.98 Å². The number of nitrogens with zero attached hydrogens (tertiary/aromatic N) is 2. The minimum Gasteiger partial charge on any atom is -0.474 e. The van der Waals surface area contributed by atoms with E-state index in [-0.39, 0.29) is 23.9 Å². The van der Waals surface area contributed by atoms with E-state index < -0.39 is 15.8 Å². The Balaban J connectivity index is 2.13. The zero-order valence-electron chi connectivity index (χ0n) is 10.4. The van der Waals surface area contributed by atoms with Crippen LogP contribution in [0, 0.1) is 5.82 Å². The van der Waals surface area contributed by atoms with Gasteiger partial charge in [0.25, 0.3) is 10.0 Å². The van der Waals surface area contributed by atoms with Gasteiger partial charge in [0.15, 0.2) is 0 Å². The molecule has 0 saturated carbocycles. The number of fused-ring (bicyclic) bond motifs is 1. The lowest BCUT2D eigenvalue weighted by Gasteiger charge is -2.29. The molecule has 0 atom stereocenters. The molecule has 0 saturated heterocycles. The molecule has 5 nitrogen and oxygen atoms in total. The number of ether oxygens (including phenoxy) is 1. The minimum absolute atomic E-state index is 0.120. The zero-order valence-corrected chi connectivity index (χ0v) is 11.2. The summed E-state index contributed by atoms with van der Waals surface area (Å²) in [5, 5.41) is 0. The van der Waals surface area contributed by atoms with E-state index in [1.54, 1.807) is 12.1 Å². The molecule has 0 radical (unpaired) electrons. The van der Waals surface area contributed by atoms with Gasteiger partial charge in [0.1, 0.15) is 23.0 Å². The van der Waals surface area contributed by atoms with Gasteiger partial charge in [0.05, 0.1) is 6.54 Å². The fourth-order valence-corrected chi connectivity index (χ4v) is 3.57. The Hall–Kier alpha value is -2.15. The second-order valence-electron chi connectivity index (χ2n) is 4.18. The van der Waals surface area contributed by atoms with E-state index in [9.17, 15) is 12.8 Å². The maximum absolute atomic E-state index is 13.8. The van der Waals surface area contributed by atoms with Crippen LogP contribution >= 0.6 is 0 Å². The van der Waals surface area contributed by atoms with Gasteiger partial charge < -0.3 is 4.74 Å². The van der Waals surface area contributed by atoms with Crippen LogP contribution in [-0.2, 0) is 10.0 Å². The SMILES string of the molecule is O=S(=O)(c1ccccc1F)N1CCOc2ncccc21. The number of hydrogen-bond donors (Lipinski definition) is 0. The number of halogens is 1. The predicted octanol–water partition coefficient (Wildman–Crippen LogP) is 1.81. The summed E-state index contributed by atoms with van der Waals surface area (Å²) in [5.41, 5.74) is 0.321. The van der Waals surface area contributed by atoms with Gasteiger partial charge >= 0.3 is 0 Å². The predicted molar refractivity (Wildman–Crippen MR) is 70.7 cm³/mol.